The summed E-state index contributed by atoms with van der Waals surface area (Å²) >= 11 is 0. The molecule has 0 spiro atoms. The fourth-order valence-corrected chi connectivity index (χ4v) is 2.64. The molecular formula is C11H19NO3S. The van der Waals surface area contributed by atoms with Crippen molar-refractivity contribution in [3.8, 4) is 0 Å². The molecule has 0 aliphatic heterocycles. The Bertz CT molecular complexity index is 434. The van der Waals surface area contributed by atoms with E-state index in [1.807, 2.05) is 26.8 Å². The molecule has 1 aromatic rings. The van der Waals surface area contributed by atoms with Crippen LogP contribution >= 0.6 is 0 Å². The molecule has 1 heterocycles. The van der Waals surface area contributed by atoms with Crippen molar-refractivity contribution in [3.05, 3.63) is 23.2 Å². The second-order valence-corrected chi connectivity index (χ2v) is 5.86. The highest BCUT2D eigenvalue weighted by Crippen LogP contribution is 2.13. The second kappa shape index (κ2) is 5.50. The molecular weight excluding hydrogens is 226 g/mol. The highest BCUT2D eigenvalue weighted by atomic mass is 32.2. The maximum atomic E-state index is 11.5. The van der Waals surface area contributed by atoms with Crippen molar-refractivity contribution in [1.29, 1.82) is 0 Å². The van der Waals surface area contributed by atoms with Crippen molar-refractivity contribution >= 4 is 10.0 Å². The Balaban J connectivity index is 2.54. The highest BCUT2D eigenvalue weighted by Gasteiger charge is 2.11. The zero-order valence-corrected chi connectivity index (χ0v) is 10.9. The zero-order chi connectivity index (χ0) is 12.2. The smallest absolute Gasteiger partial charge is 0.211 e. The van der Waals surface area contributed by atoms with Crippen molar-refractivity contribution in [1.82, 2.24) is 4.72 Å². The third-order valence-electron chi connectivity index (χ3n) is 2.39. The van der Waals surface area contributed by atoms with Crippen LogP contribution in [0.25, 0.3) is 0 Å². The van der Waals surface area contributed by atoms with Crippen molar-refractivity contribution in [2.24, 2.45) is 0 Å². The minimum absolute atomic E-state index is 0.194. The van der Waals surface area contributed by atoms with E-state index in [1.54, 1.807) is 0 Å². The molecule has 0 aliphatic carbocycles. The predicted molar refractivity (Wildman–Crippen MR) is 63.7 cm³/mol. The van der Waals surface area contributed by atoms with Gasteiger partial charge in [0.25, 0.3) is 0 Å². The van der Waals surface area contributed by atoms with E-state index in [1.165, 1.54) is 0 Å². The van der Waals surface area contributed by atoms with Gasteiger partial charge in [0.15, 0.2) is 0 Å². The molecule has 0 bridgehead atoms. The first-order valence-corrected chi connectivity index (χ1v) is 7.13. The molecule has 1 rings (SSSR count). The lowest BCUT2D eigenvalue weighted by Crippen LogP contribution is -2.25. The third kappa shape index (κ3) is 3.98. The Morgan fingerprint density at radius 3 is 2.56 bits per heavy atom. The van der Waals surface area contributed by atoms with E-state index in [-0.39, 0.29) is 5.75 Å². The molecule has 0 radical (unpaired) electrons. The van der Waals surface area contributed by atoms with Crippen LogP contribution < -0.4 is 4.72 Å². The fraction of sp³-hybridized carbons (Fsp3) is 0.636. The highest BCUT2D eigenvalue weighted by molar-refractivity contribution is 7.89. The van der Waals surface area contributed by atoms with Gasteiger partial charge in [0.2, 0.25) is 10.0 Å². The van der Waals surface area contributed by atoms with Gasteiger partial charge >= 0.3 is 0 Å². The molecule has 0 saturated carbocycles. The van der Waals surface area contributed by atoms with Crippen molar-refractivity contribution < 1.29 is 12.8 Å². The molecule has 0 fully saturated rings. The summed E-state index contributed by atoms with van der Waals surface area (Å²) in [5, 5.41) is 0. The summed E-state index contributed by atoms with van der Waals surface area (Å²) in [5.41, 5.74) is 0.901. The summed E-state index contributed by atoms with van der Waals surface area (Å²) in [6.45, 7) is 5.97. The van der Waals surface area contributed by atoms with E-state index < -0.39 is 10.0 Å². The molecule has 1 N–H and O–H groups in total. The molecule has 5 heteroatoms. The molecule has 0 amide bonds. The van der Waals surface area contributed by atoms with Crippen LogP contribution in [-0.2, 0) is 16.6 Å². The maximum Gasteiger partial charge on any atom is 0.211 e. The molecule has 0 saturated heterocycles. The lowest BCUT2D eigenvalue weighted by molar-refractivity contribution is 0.500. The predicted octanol–water partition coefficient (Wildman–Crippen LogP) is 2.12. The number of sulfonamides is 1. The van der Waals surface area contributed by atoms with E-state index in [9.17, 15) is 8.42 Å². The largest absolute Gasteiger partial charge is 0.466 e. The van der Waals surface area contributed by atoms with Crippen molar-refractivity contribution in [3.63, 3.8) is 0 Å². The van der Waals surface area contributed by atoms with E-state index in [2.05, 4.69) is 4.72 Å². The van der Waals surface area contributed by atoms with E-state index >= 15 is 0 Å². The number of rotatable bonds is 6. The maximum absolute atomic E-state index is 11.5. The molecule has 0 atom stereocenters. The van der Waals surface area contributed by atoms with E-state index in [0.717, 1.165) is 23.5 Å². The molecule has 0 unspecified atom stereocenters. The number of nitrogens with one attached hydrogen (secondary N) is 1. The number of furan rings is 1. The topological polar surface area (TPSA) is 59.3 Å². The average molecular weight is 245 g/mol. The second-order valence-electron chi connectivity index (χ2n) is 3.93. The summed E-state index contributed by atoms with van der Waals surface area (Å²) in [7, 11) is -3.14. The first kappa shape index (κ1) is 13.3. The SMILES string of the molecule is CCCCS(=O)(=O)NCc1cc(C)oc1C. The lowest BCUT2D eigenvalue weighted by Gasteiger charge is -2.04. The van der Waals surface area contributed by atoms with Crippen LogP contribution in [-0.4, -0.2) is 14.2 Å². The van der Waals surface area contributed by atoms with Crippen LogP contribution in [0.2, 0.25) is 0 Å². The Labute approximate surface area is 97.1 Å². The van der Waals surface area contributed by atoms with Crippen molar-refractivity contribution in [2.45, 2.75) is 40.2 Å². The van der Waals surface area contributed by atoms with Gasteiger partial charge in [-0.3, -0.25) is 0 Å². The van der Waals surface area contributed by atoms with Gasteiger partial charge in [0.1, 0.15) is 11.5 Å². The van der Waals surface area contributed by atoms with Gasteiger partial charge in [-0.15, -0.1) is 0 Å². The third-order valence-corrected chi connectivity index (χ3v) is 3.80. The molecule has 16 heavy (non-hydrogen) atoms. The average Bonchev–Trinajstić information content (AvgIpc) is 2.52. The molecule has 1 aromatic heterocycles. The molecule has 92 valence electrons. The Hall–Kier alpha value is -0.810. The first-order valence-electron chi connectivity index (χ1n) is 5.48. The number of hydrogen-bond acceptors (Lipinski definition) is 3. The number of aryl methyl sites for hydroxylation is 2. The zero-order valence-electron chi connectivity index (χ0n) is 10.0. The fourth-order valence-electron chi connectivity index (χ4n) is 1.45. The van der Waals surface area contributed by atoms with Crippen LogP contribution in [0.15, 0.2) is 10.5 Å². The molecule has 0 aliphatic rings. The van der Waals surface area contributed by atoms with Crippen LogP contribution in [0, 0.1) is 13.8 Å². The Morgan fingerprint density at radius 1 is 1.38 bits per heavy atom. The van der Waals surface area contributed by atoms with Crippen LogP contribution in [0.5, 0.6) is 0 Å². The van der Waals surface area contributed by atoms with Gasteiger partial charge < -0.3 is 4.42 Å². The standard InChI is InChI=1S/C11H19NO3S/c1-4-5-6-16(13,14)12-8-11-7-9(2)15-10(11)3/h7,12H,4-6,8H2,1-3H3. The van der Waals surface area contributed by atoms with Gasteiger partial charge in [-0.2, -0.15) is 0 Å². The lowest BCUT2D eigenvalue weighted by atomic mass is 10.2. The molecule has 4 nitrogen and oxygen atoms in total. The number of unbranched alkanes of at least 4 members (excludes halogenated alkanes) is 1. The minimum Gasteiger partial charge on any atom is -0.466 e. The van der Waals surface area contributed by atoms with Crippen LogP contribution in [0.1, 0.15) is 36.8 Å². The van der Waals surface area contributed by atoms with E-state index in [4.69, 9.17) is 4.42 Å². The van der Waals surface area contributed by atoms with Gasteiger partial charge in [-0.1, -0.05) is 13.3 Å². The molecule has 0 aromatic carbocycles. The summed E-state index contributed by atoms with van der Waals surface area (Å²) in [6, 6.07) is 1.86. The Kier molecular flexibility index (Phi) is 4.56. The van der Waals surface area contributed by atoms with Crippen LogP contribution in [0.3, 0.4) is 0 Å². The van der Waals surface area contributed by atoms with Gasteiger partial charge in [-0.05, 0) is 26.3 Å². The van der Waals surface area contributed by atoms with Gasteiger partial charge in [0.05, 0.1) is 5.75 Å². The van der Waals surface area contributed by atoms with Gasteiger partial charge in [0, 0.05) is 12.1 Å². The summed E-state index contributed by atoms with van der Waals surface area (Å²) in [5.74, 6) is 1.77. The van der Waals surface area contributed by atoms with Crippen LogP contribution in [0.4, 0.5) is 0 Å². The van der Waals surface area contributed by atoms with Gasteiger partial charge in [-0.25, -0.2) is 13.1 Å². The quantitative estimate of drug-likeness (QED) is 0.835. The first-order chi connectivity index (χ1) is 7.44. The normalized spacial score (nSPS) is 11.9. The van der Waals surface area contributed by atoms with E-state index in [0.29, 0.717) is 13.0 Å². The summed E-state index contributed by atoms with van der Waals surface area (Å²) in [6.07, 6.45) is 1.57. The Morgan fingerprint density at radius 2 is 2.06 bits per heavy atom. The summed E-state index contributed by atoms with van der Waals surface area (Å²) < 4.78 is 31.0. The minimum atomic E-state index is -3.14. The summed E-state index contributed by atoms with van der Waals surface area (Å²) in [4.78, 5) is 0. The number of hydrogen-bond donors (Lipinski definition) is 1. The van der Waals surface area contributed by atoms with Crippen molar-refractivity contribution in [2.75, 3.05) is 5.75 Å². The monoisotopic (exact) mass is 245 g/mol.